The molecule has 1 aliphatic heterocycles. The Labute approximate surface area is 189 Å². The molecule has 1 aliphatic rings. The van der Waals surface area contributed by atoms with Gasteiger partial charge in [-0.1, -0.05) is 78.9 Å². The van der Waals surface area contributed by atoms with Crippen LogP contribution in [0.5, 0.6) is 0 Å². The lowest BCUT2D eigenvalue weighted by molar-refractivity contribution is -0.133. The number of fused-ring (bicyclic) bond motifs is 1. The first kappa shape index (κ1) is 20.5. The maximum absolute atomic E-state index is 13.4. The van der Waals surface area contributed by atoms with Crippen LogP contribution in [0.4, 0.5) is 0 Å². The van der Waals surface area contributed by atoms with E-state index < -0.39 is 0 Å². The molecule has 32 heavy (non-hydrogen) atoms. The van der Waals surface area contributed by atoms with Gasteiger partial charge in [0.25, 0.3) is 0 Å². The molecule has 1 saturated heterocycles. The number of carbonyl (C=O) groups excluding carboxylic acids is 1. The summed E-state index contributed by atoms with van der Waals surface area (Å²) in [7, 11) is 0. The van der Waals surface area contributed by atoms with E-state index >= 15 is 0 Å². The summed E-state index contributed by atoms with van der Waals surface area (Å²) in [4.78, 5) is 21.2. The van der Waals surface area contributed by atoms with Gasteiger partial charge in [0.1, 0.15) is 0 Å². The molecule has 1 fully saturated rings. The fourth-order valence-corrected chi connectivity index (χ4v) is 4.78. The lowest BCUT2D eigenvalue weighted by Crippen LogP contribution is -2.48. The second-order valence-corrected chi connectivity index (χ2v) is 8.60. The van der Waals surface area contributed by atoms with Crippen molar-refractivity contribution in [2.45, 2.75) is 18.9 Å². The first-order chi connectivity index (χ1) is 15.8. The Bertz CT molecular complexity index is 1160. The van der Waals surface area contributed by atoms with Gasteiger partial charge in [0.05, 0.1) is 0 Å². The standard InChI is InChI=1S/C28H29N3O/c32-28(31-17-15-30(16-18-31)21-22-9-3-1-4-10-22)19-25(23-11-5-2-6-12-23)26-20-29-27-14-8-7-13-24(26)27/h1-14,20,25,29H,15-19,21H2. The summed E-state index contributed by atoms with van der Waals surface area (Å²) in [5.74, 6) is 0.283. The fraction of sp³-hybridized carbons (Fsp3) is 0.250. The number of hydrogen-bond donors (Lipinski definition) is 1. The molecule has 2 heterocycles. The van der Waals surface area contributed by atoms with Gasteiger partial charge >= 0.3 is 0 Å². The second kappa shape index (κ2) is 9.41. The van der Waals surface area contributed by atoms with Crippen molar-refractivity contribution < 1.29 is 4.79 Å². The van der Waals surface area contributed by atoms with E-state index in [1.54, 1.807) is 0 Å². The number of hydrogen-bond acceptors (Lipinski definition) is 2. The van der Waals surface area contributed by atoms with Crippen LogP contribution in [0.15, 0.2) is 91.1 Å². The van der Waals surface area contributed by atoms with Crippen LogP contribution in [0.25, 0.3) is 10.9 Å². The third-order valence-electron chi connectivity index (χ3n) is 6.55. The number of benzene rings is 3. The zero-order valence-corrected chi connectivity index (χ0v) is 18.3. The van der Waals surface area contributed by atoms with Crippen molar-refractivity contribution in [3.05, 3.63) is 108 Å². The Kier molecular flexibility index (Phi) is 6.04. The lowest BCUT2D eigenvalue weighted by Gasteiger charge is -2.35. The van der Waals surface area contributed by atoms with Crippen LogP contribution in [0, 0.1) is 0 Å². The molecule has 0 radical (unpaired) electrons. The van der Waals surface area contributed by atoms with E-state index in [9.17, 15) is 4.79 Å². The van der Waals surface area contributed by atoms with Gasteiger partial charge in [0.2, 0.25) is 5.91 Å². The Hall–Kier alpha value is -3.37. The minimum absolute atomic E-state index is 0.0437. The van der Waals surface area contributed by atoms with Crippen molar-refractivity contribution in [1.29, 1.82) is 0 Å². The molecule has 1 N–H and O–H groups in total. The van der Waals surface area contributed by atoms with E-state index in [1.165, 1.54) is 22.1 Å². The quantitative estimate of drug-likeness (QED) is 0.472. The number of H-pyrrole nitrogens is 1. The molecule has 4 aromatic rings. The van der Waals surface area contributed by atoms with Gasteiger partial charge in [0, 0.05) is 62.2 Å². The van der Waals surface area contributed by atoms with Crippen LogP contribution in [0.3, 0.4) is 0 Å². The Morgan fingerprint density at radius 1 is 0.812 bits per heavy atom. The minimum atomic E-state index is 0.0437. The smallest absolute Gasteiger partial charge is 0.223 e. The SMILES string of the molecule is O=C(CC(c1ccccc1)c1c[nH]c2ccccc12)N1CCN(Cc2ccccc2)CC1. The number of aromatic amines is 1. The lowest BCUT2D eigenvalue weighted by atomic mass is 9.87. The van der Waals surface area contributed by atoms with Gasteiger partial charge in [-0.15, -0.1) is 0 Å². The molecule has 0 aliphatic carbocycles. The molecule has 0 spiro atoms. The van der Waals surface area contributed by atoms with Crippen molar-refractivity contribution in [2.75, 3.05) is 26.2 Å². The molecule has 1 unspecified atom stereocenters. The number of amides is 1. The van der Waals surface area contributed by atoms with Gasteiger partial charge in [0.15, 0.2) is 0 Å². The molecule has 5 rings (SSSR count). The topological polar surface area (TPSA) is 39.3 Å². The molecule has 4 heteroatoms. The summed E-state index contributed by atoms with van der Waals surface area (Å²) in [6, 6.07) is 29.3. The molecule has 4 nitrogen and oxygen atoms in total. The second-order valence-electron chi connectivity index (χ2n) is 8.60. The van der Waals surface area contributed by atoms with E-state index in [0.717, 1.165) is 38.2 Å². The van der Waals surface area contributed by atoms with E-state index in [1.807, 2.05) is 17.0 Å². The highest BCUT2D eigenvalue weighted by atomic mass is 16.2. The number of nitrogens with one attached hydrogen (secondary N) is 1. The molecule has 1 amide bonds. The molecular weight excluding hydrogens is 394 g/mol. The average molecular weight is 424 g/mol. The summed E-state index contributed by atoms with van der Waals surface area (Å²) in [5.41, 5.74) is 4.83. The van der Waals surface area contributed by atoms with Gasteiger partial charge in [-0.3, -0.25) is 9.69 Å². The number of piperazine rings is 1. The Morgan fingerprint density at radius 3 is 2.22 bits per heavy atom. The molecule has 162 valence electrons. The normalized spacial score (nSPS) is 15.7. The van der Waals surface area contributed by atoms with Crippen molar-refractivity contribution in [1.82, 2.24) is 14.8 Å². The van der Waals surface area contributed by atoms with E-state index in [0.29, 0.717) is 6.42 Å². The maximum Gasteiger partial charge on any atom is 0.223 e. The summed E-state index contributed by atoms with van der Waals surface area (Å²) in [6.07, 6.45) is 2.57. The van der Waals surface area contributed by atoms with Gasteiger partial charge in [-0.05, 0) is 22.8 Å². The van der Waals surface area contributed by atoms with Crippen molar-refractivity contribution in [3.63, 3.8) is 0 Å². The number of aromatic nitrogens is 1. The molecule has 1 atom stereocenters. The maximum atomic E-state index is 13.4. The van der Waals surface area contributed by atoms with Crippen LogP contribution in [0.1, 0.15) is 29.0 Å². The minimum Gasteiger partial charge on any atom is -0.361 e. The van der Waals surface area contributed by atoms with Crippen LogP contribution in [0.2, 0.25) is 0 Å². The number of para-hydroxylation sites is 1. The van der Waals surface area contributed by atoms with Crippen LogP contribution in [-0.2, 0) is 11.3 Å². The van der Waals surface area contributed by atoms with Crippen LogP contribution < -0.4 is 0 Å². The molecule has 0 bridgehead atoms. The van der Waals surface area contributed by atoms with E-state index in [2.05, 4.69) is 88.9 Å². The van der Waals surface area contributed by atoms with Gasteiger partial charge < -0.3 is 9.88 Å². The Morgan fingerprint density at radius 2 is 1.47 bits per heavy atom. The predicted octanol–water partition coefficient (Wildman–Crippen LogP) is 5.03. The molecule has 0 saturated carbocycles. The van der Waals surface area contributed by atoms with Crippen molar-refractivity contribution in [2.24, 2.45) is 0 Å². The third-order valence-corrected chi connectivity index (χ3v) is 6.55. The summed E-state index contributed by atoms with van der Waals surface area (Å²) in [6.45, 7) is 4.38. The van der Waals surface area contributed by atoms with Crippen LogP contribution in [-0.4, -0.2) is 46.9 Å². The largest absolute Gasteiger partial charge is 0.361 e. The van der Waals surface area contributed by atoms with E-state index in [4.69, 9.17) is 0 Å². The highest BCUT2D eigenvalue weighted by Gasteiger charge is 2.26. The van der Waals surface area contributed by atoms with E-state index in [-0.39, 0.29) is 11.8 Å². The first-order valence-electron chi connectivity index (χ1n) is 11.4. The van der Waals surface area contributed by atoms with Crippen molar-refractivity contribution >= 4 is 16.8 Å². The molecule has 3 aromatic carbocycles. The van der Waals surface area contributed by atoms with Crippen molar-refractivity contribution in [3.8, 4) is 0 Å². The summed E-state index contributed by atoms with van der Waals surface area (Å²) in [5, 5.41) is 1.20. The highest BCUT2D eigenvalue weighted by Crippen LogP contribution is 2.34. The highest BCUT2D eigenvalue weighted by molar-refractivity contribution is 5.86. The number of carbonyl (C=O) groups is 1. The zero-order chi connectivity index (χ0) is 21.8. The predicted molar refractivity (Wildman–Crippen MR) is 129 cm³/mol. The fourth-order valence-electron chi connectivity index (χ4n) is 4.78. The van der Waals surface area contributed by atoms with Gasteiger partial charge in [-0.2, -0.15) is 0 Å². The van der Waals surface area contributed by atoms with Crippen LogP contribution >= 0.6 is 0 Å². The number of rotatable bonds is 6. The number of nitrogens with zero attached hydrogens (tertiary/aromatic N) is 2. The summed E-state index contributed by atoms with van der Waals surface area (Å²) >= 11 is 0. The average Bonchev–Trinajstić information content (AvgIpc) is 3.28. The molecule has 1 aromatic heterocycles. The molecular formula is C28H29N3O. The third kappa shape index (κ3) is 4.46. The van der Waals surface area contributed by atoms with Gasteiger partial charge in [-0.25, -0.2) is 0 Å². The summed E-state index contributed by atoms with van der Waals surface area (Å²) < 4.78 is 0. The first-order valence-corrected chi connectivity index (χ1v) is 11.4. The zero-order valence-electron chi connectivity index (χ0n) is 18.3. The monoisotopic (exact) mass is 423 g/mol. The Balaban J connectivity index is 1.30.